The summed E-state index contributed by atoms with van der Waals surface area (Å²) in [5.41, 5.74) is 0. The number of unbranched alkanes of at least 4 members (excludes halogenated alkanes) is 1. The molecule has 0 atom stereocenters. The lowest BCUT2D eigenvalue weighted by molar-refractivity contribution is -0.134. The van der Waals surface area contributed by atoms with Gasteiger partial charge in [-0.1, -0.05) is 12.2 Å². The first-order chi connectivity index (χ1) is 4.81. The number of ether oxygens (including phenoxy) is 1. The minimum absolute atomic E-state index is 0.302. The number of carbonyl (C=O) groups excluding carboxylic acids is 1. The van der Waals surface area contributed by atoms with E-state index in [1.807, 2.05) is 6.08 Å². The van der Waals surface area contributed by atoms with Crippen molar-refractivity contribution in [3.63, 3.8) is 0 Å². The highest BCUT2D eigenvalue weighted by atomic mass is 16.5. The molecule has 0 amide bonds. The molecule has 10 heavy (non-hydrogen) atoms. The number of hydrogen-bond donors (Lipinski definition) is 0. The number of carbonyl (C=O) groups is 1. The molecule has 2 nitrogen and oxygen atoms in total. The fourth-order valence-corrected chi connectivity index (χ4v) is 0.462. The smallest absolute Gasteiger partial charge is 0.330 e. The van der Waals surface area contributed by atoms with Gasteiger partial charge in [0.15, 0.2) is 0 Å². The predicted molar refractivity (Wildman–Crippen MR) is 40.6 cm³/mol. The van der Waals surface area contributed by atoms with Gasteiger partial charge in [0.25, 0.3) is 0 Å². The zero-order valence-corrected chi connectivity index (χ0v) is 6.17. The topological polar surface area (TPSA) is 26.3 Å². The number of esters is 1. The third-order valence-corrected chi connectivity index (χ3v) is 0.993. The molecule has 0 aromatic rings. The van der Waals surface area contributed by atoms with Gasteiger partial charge in [0.05, 0.1) is 7.11 Å². The Labute approximate surface area is 61.2 Å². The highest BCUT2D eigenvalue weighted by molar-refractivity contribution is 5.81. The molecule has 0 aliphatic rings. The molecule has 0 aromatic heterocycles. The molecular formula is C8H12O2. The van der Waals surface area contributed by atoms with Crippen LogP contribution in [0, 0.1) is 0 Å². The first kappa shape index (κ1) is 8.95. The molecule has 0 rings (SSSR count). The van der Waals surface area contributed by atoms with Crippen molar-refractivity contribution in [1.82, 2.24) is 0 Å². The van der Waals surface area contributed by atoms with E-state index in [2.05, 4.69) is 11.3 Å². The van der Waals surface area contributed by atoms with E-state index in [1.165, 1.54) is 13.2 Å². The summed E-state index contributed by atoms with van der Waals surface area (Å²) in [6.07, 6.45) is 6.74. The predicted octanol–water partition coefficient (Wildman–Crippen LogP) is 1.68. The molecule has 2 heteroatoms. The molecule has 0 N–H and O–H groups in total. The molecule has 0 fully saturated rings. The van der Waals surface area contributed by atoms with E-state index in [9.17, 15) is 4.79 Å². The second-order valence-corrected chi connectivity index (χ2v) is 1.79. The van der Waals surface area contributed by atoms with Gasteiger partial charge < -0.3 is 4.74 Å². The number of methoxy groups -OCH3 is 1. The monoisotopic (exact) mass is 140 g/mol. The van der Waals surface area contributed by atoms with Crippen LogP contribution in [0.15, 0.2) is 24.8 Å². The summed E-state index contributed by atoms with van der Waals surface area (Å²) in [5, 5.41) is 0. The van der Waals surface area contributed by atoms with Gasteiger partial charge in [-0.05, 0) is 12.8 Å². The summed E-state index contributed by atoms with van der Waals surface area (Å²) < 4.78 is 4.38. The van der Waals surface area contributed by atoms with Gasteiger partial charge >= 0.3 is 5.97 Å². The molecular weight excluding hydrogens is 128 g/mol. The van der Waals surface area contributed by atoms with Crippen LogP contribution in [0.5, 0.6) is 0 Å². The summed E-state index contributed by atoms with van der Waals surface area (Å²) >= 11 is 0. The fraction of sp³-hybridized carbons (Fsp3) is 0.375. The van der Waals surface area contributed by atoms with E-state index in [-0.39, 0.29) is 5.97 Å². The van der Waals surface area contributed by atoms with Crippen molar-refractivity contribution >= 4 is 5.97 Å². The quantitative estimate of drug-likeness (QED) is 0.257. The van der Waals surface area contributed by atoms with Crippen molar-refractivity contribution in [2.75, 3.05) is 7.11 Å². The minimum Gasteiger partial charge on any atom is -0.466 e. The second-order valence-electron chi connectivity index (χ2n) is 1.79. The average Bonchev–Trinajstić information content (AvgIpc) is 1.98. The first-order valence-electron chi connectivity index (χ1n) is 3.16. The van der Waals surface area contributed by atoms with Gasteiger partial charge in [-0.2, -0.15) is 0 Å². The molecule has 0 bridgehead atoms. The fourth-order valence-electron chi connectivity index (χ4n) is 0.462. The second kappa shape index (κ2) is 6.08. The Balaban J connectivity index is 3.35. The van der Waals surface area contributed by atoms with Crippen LogP contribution < -0.4 is 0 Å². The molecule has 0 saturated heterocycles. The lowest BCUT2D eigenvalue weighted by atomic mass is 10.3. The van der Waals surface area contributed by atoms with Crippen molar-refractivity contribution in [3.8, 4) is 0 Å². The maximum absolute atomic E-state index is 10.4. The van der Waals surface area contributed by atoms with Crippen LogP contribution >= 0.6 is 0 Å². The zero-order chi connectivity index (χ0) is 7.82. The Morgan fingerprint density at radius 3 is 2.80 bits per heavy atom. The van der Waals surface area contributed by atoms with Crippen molar-refractivity contribution in [2.45, 2.75) is 12.8 Å². The van der Waals surface area contributed by atoms with Crippen molar-refractivity contribution in [2.24, 2.45) is 0 Å². The molecule has 0 spiro atoms. The van der Waals surface area contributed by atoms with E-state index in [1.54, 1.807) is 6.08 Å². The van der Waals surface area contributed by atoms with Crippen LogP contribution in [-0.4, -0.2) is 13.1 Å². The van der Waals surface area contributed by atoms with Crippen molar-refractivity contribution in [1.29, 1.82) is 0 Å². The van der Waals surface area contributed by atoms with Crippen LogP contribution in [0.4, 0.5) is 0 Å². The van der Waals surface area contributed by atoms with Gasteiger partial charge in [0.2, 0.25) is 0 Å². The highest BCUT2D eigenvalue weighted by Crippen LogP contribution is 1.90. The maximum atomic E-state index is 10.4. The molecule has 0 aliphatic carbocycles. The van der Waals surface area contributed by atoms with Gasteiger partial charge in [-0.3, -0.25) is 0 Å². The molecule has 56 valence electrons. The summed E-state index contributed by atoms with van der Waals surface area (Å²) in [6.45, 7) is 3.55. The summed E-state index contributed by atoms with van der Waals surface area (Å²) in [4.78, 5) is 10.4. The van der Waals surface area contributed by atoms with Crippen molar-refractivity contribution in [3.05, 3.63) is 24.8 Å². The maximum Gasteiger partial charge on any atom is 0.330 e. The van der Waals surface area contributed by atoms with Crippen molar-refractivity contribution < 1.29 is 9.53 Å². The number of hydrogen-bond acceptors (Lipinski definition) is 2. The van der Waals surface area contributed by atoms with Crippen LogP contribution in [0.25, 0.3) is 0 Å². The van der Waals surface area contributed by atoms with E-state index < -0.39 is 0 Å². The molecule has 0 radical (unpaired) electrons. The Morgan fingerprint density at radius 1 is 1.60 bits per heavy atom. The van der Waals surface area contributed by atoms with Gasteiger partial charge in [-0.25, -0.2) is 4.79 Å². The Hall–Kier alpha value is -1.05. The van der Waals surface area contributed by atoms with Gasteiger partial charge in [-0.15, -0.1) is 6.58 Å². The summed E-state index contributed by atoms with van der Waals surface area (Å²) in [6, 6.07) is 0. The Bertz CT molecular complexity index is 136. The number of allylic oxidation sites excluding steroid dienone is 2. The summed E-state index contributed by atoms with van der Waals surface area (Å²) in [7, 11) is 1.36. The van der Waals surface area contributed by atoms with Gasteiger partial charge in [0, 0.05) is 6.08 Å². The normalized spacial score (nSPS) is 9.70. The van der Waals surface area contributed by atoms with Crippen LogP contribution in [-0.2, 0) is 9.53 Å². The van der Waals surface area contributed by atoms with Crippen LogP contribution in [0.2, 0.25) is 0 Å². The molecule has 0 saturated carbocycles. The first-order valence-corrected chi connectivity index (χ1v) is 3.16. The van der Waals surface area contributed by atoms with E-state index >= 15 is 0 Å². The molecule has 0 heterocycles. The standard InChI is InChI=1S/C8H12O2/c1-3-4-5-6-7-8(9)10-2/h3,6-7H,1,4-5H2,2H3/b7-6-. The largest absolute Gasteiger partial charge is 0.466 e. The average molecular weight is 140 g/mol. The lowest BCUT2D eigenvalue weighted by Crippen LogP contribution is -1.92. The summed E-state index contributed by atoms with van der Waals surface area (Å²) in [5.74, 6) is -0.302. The zero-order valence-electron chi connectivity index (χ0n) is 6.17. The van der Waals surface area contributed by atoms with E-state index in [4.69, 9.17) is 0 Å². The Morgan fingerprint density at radius 2 is 2.30 bits per heavy atom. The highest BCUT2D eigenvalue weighted by Gasteiger charge is 1.87. The number of rotatable bonds is 4. The third-order valence-electron chi connectivity index (χ3n) is 0.993. The van der Waals surface area contributed by atoms with E-state index in [0.717, 1.165) is 12.8 Å². The third kappa shape index (κ3) is 5.09. The van der Waals surface area contributed by atoms with Crippen LogP contribution in [0.3, 0.4) is 0 Å². The molecule has 0 aromatic carbocycles. The van der Waals surface area contributed by atoms with E-state index in [0.29, 0.717) is 0 Å². The van der Waals surface area contributed by atoms with Gasteiger partial charge in [0.1, 0.15) is 0 Å². The Kier molecular flexibility index (Phi) is 5.44. The molecule has 0 aliphatic heterocycles. The lowest BCUT2D eigenvalue weighted by Gasteiger charge is -1.88. The minimum atomic E-state index is -0.302. The molecule has 0 unspecified atom stereocenters. The SMILES string of the molecule is C=CCC/C=C\C(=O)OC. The van der Waals surface area contributed by atoms with Crippen LogP contribution in [0.1, 0.15) is 12.8 Å².